The van der Waals surface area contributed by atoms with Crippen molar-refractivity contribution in [3.05, 3.63) is 35.7 Å². The molecular formula is C17H21F3N6O2. The van der Waals surface area contributed by atoms with E-state index in [1.165, 1.54) is 12.1 Å². The Balaban J connectivity index is 1.48. The van der Waals surface area contributed by atoms with Gasteiger partial charge in [-0.15, -0.1) is 0 Å². The zero-order valence-electron chi connectivity index (χ0n) is 15.5. The van der Waals surface area contributed by atoms with Crippen molar-refractivity contribution >= 4 is 17.7 Å². The molecule has 0 spiro atoms. The highest BCUT2D eigenvalue weighted by Gasteiger charge is 2.30. The smallest absolute Gasteiger partial charge is 0.368 e. The fourth-order valence-electron chi connectivity index (χ4n) is 2.79. The van der Waals surface area contributed by atoms with Gasteiger partial charge in [-0.1, -0.05) is 0 Å². The minimum atomic E-state index is -4.35. The maximum Gasteiger partial charge on any atom is 0.416 e. The van der Waals surface area contributed by atoms with Gasteiger partial charge in [0, 0.05) is 46.0 Å². The number of anilines is 2. The van der Waals surface area contributed by atoms with E-state index >= 15 is 0 Å². The molecule has 2 amide bonds. The number of hydrogen-bond donors (Lipinski definition) is 1. The first kappa shape index (κ1) is 19.8. The van der Waals surface area contributed by atoms with Crippen LogP contribution in [0.5, 0.6) is 0 Å². The summed E-state index contributed by atoms with van der Waals surface area (Å²) < 4.78 is 43.0. The Kier molecular flexibility index (Phi) is 5.61. The highest BCUT2D eigenvalue weighted by atomic mass is 19.4. The lowest BCUT2D eigenvalue weighted by Crippen LogP contribution is -2.51. The van der Waals surface area contributed by atoms with Crippen LogP contribution in [0.3, 0.4) is 0 Å². The molecule has 11 heteroatoms. The number of alkyl halides is 3. The third-order valence-corrected chi connectivity index (χ3v) is 4.37. The van der Waals surface area contributed by atoms with Gasteiger partial charge >= 0.3 is 12.2 Å². The summed E-state index contributed by atoms with van der Waals surface area (Å²) in [5.74, 6) is 0.731. The van der Waals surface area contributed by atoms with Gasteiger partial charge in [-0.25, -0.2) is 4.79 Å². The van der Waals surface area contributed by atoms with Crippen molar-refractivity contribution in [1.82, 2.24) is 20.4 Å². The van der Waals surface area contributed by atoms with E-state index in [2.05, 4.69) is 15.5 Å². The Morgan fingerprint density at radius 1 is 1.18 bits per heavy atom. The standard InChI is InChI=1S/C17H21F3N6O2/c1-24(2)15-22-14(28-23-15)11-21-16(27)26-9-7-25(8-10-26)13-5-3-12(4-6-13)17(18,19)20/h3-6H,7-11H2,1-2H3,(H,21,27). The van der Waals surface area contributed by atoms with Crippen molar-refractivity contribution in [2.24, 2.45) is 0 Å². The molecule has 0 bridgehead atoms. The van der Waals surface area contributed by atoms with Crippen molar-refractivity contribution in [2.75, 3.05) is 50.1 Å². The lowest BCUT2D eigenvalue weighted by Gasteiger charge is -2.36. The number of carbonyl (C=O) groups excluding carboxylic acids is 1. The van der Waals surface area contributed by atoms with E-state index < -0.39 is 11.7 Å². The second-order valence-corrected chi connectivity index (χ2v) is 6.56. The molecule has 8 nitrogen and oxygen atoms in total. The van der Waals surface area contributed by atoms with Gasteiger partial charge in [0.2, 0.25) is 5.89 Å². The molecule has 1 fully saturated rings. The van der Waals surface area contributed by atoms with Crippen LogP contribution >= 0.6 is 0 Å². The number of rotatable bonds is 4. The van der Waals surface area contributed by atoms with Crippen molar-refractivity contribution in [3.8, 4) is 0 Å². The number of hydrogen-bond acceptors (Lipinski definition) is 6. The number of carbonyl (C=O) groups is 1. The lowest BCUT2D eigenvalue weighted by atomic mass is 10.1. The Bertz CT molecular complexity index is 798. The Hall–Kier alpha value is -2.98. The molecule has 1 saturated heterocycles. The van der Waals surface area contributed by atoms with Crippen LogP contribution in [0.25, 0.3) is 0 Å². The van der Waals surface area contributed by atoms with E-state index in [0.717, 1.165) is 12.1 Å². The minimum absolute atomic E-state index is 0.124. The normalized spacial score (nSPS) is 14.9. The summed E-state index contributed by atoms with van der Waals surface area (Å²) in [6.07, 6.45) is -4.35. The summed E-state index contributed by atoms with van der Waals surface area (Å²) in [6.45, 7) is 2.10. The summed E-state index contributed by atoms with van der Waals surface area (Å²) >= 11 is 0. The van der Waals surface area contributed by atoms with Crippen LogP contribution in [-0.2, 0) is 12.7 Å². The van der Waals surface area contributed by atoms with Gasteiger partial charge in [-0.2, -0.15) is 18.2 Å². The van der Waals surface area contributed by atoms with Crippen molar-refractivity contribution < 1.29 is 22.5 Å². The minimum Gasteiger partial charge on any atom is -0.368 e. The third kappa shape index (κ3) is 4.65. The number of amides is 2. The topological polar surface area (TPSA) is 77.7 Å². The first-order chi connectivity index (χ1) is 13.2. The van der Waals surface area contributed by atoms with Gasteiger partial charge in [0.05, 0.1) is 12.1 Å². The molecule has 2 heterocycles. The molecule has 1 aromatic carbocycles. The number of halogens is 3. The van der Waals surface area contributed by atoms with Gasteiger partial charge in [-0.05, 0) is 29.4 Å². The molecule has 1 aromatic heterocycles. The zero-order valence-corrected chi connectivity index (χ0v) is 15.5. The Morgan fingerprint density at radius 2 is 1.82 bits per heavy atom. The Morgan fingerprint density at radius 3 is 2.36 bits per heavy atom. The molecule has 0 atom stereocenters. The van der Waals surface area contributed by atoms with E-state index in [-0.39, 0.29) is 12.6 Å². The van der Waals surface area contributed by atoms with Crippen molar-refractivity contribution in [2.45, 2.75) is 12.7 Å². The fourth-order valence-corrected chi connectivity index (χ4v) is 2.79. The van der Waals surface area contributed by atoms with Gasteiger partial charge < -0.3 is 24.5 Å². The molecule has 28 heavy (non-hydrogen) atoms. The predicted octanol–water partition coefficient (Wildman–Crippen LogP) is 2.19. The lowest BCUT2D eigenvalue weighted by molar-refractivity contribution is -0.137. The van der Waals surface area contributed by atoms with Gasteiger partial charge in [-0.3, -0.25) is 0 Å². The number of aromatic nitrogens is 2. The molecule has 3 rings (SSSR count). The highest BCUT2D eigenvalue weighted by Crippen LogP contribution is 2.30. The summed E-state index contributed by atoms with van der Waals surface area (Å²) in [5, 5.41) is 6.50. The first-order valence-corrected chi connectivity index (χ1v) is 8.69. The molecular weight excluding hydrogens is 377 g/mol. The van der Waals surface area contributed by atoms with E-state index in [4.69, 9.17) is 4.52 Å². The summed E-state index contributed by atoms with van der Waals surface area (Å²) in [6, 6.07) is 4.80. The summed E-state index contributed by atoms with van der Waals surface area (Å²) in [4.78, 5) is 21.7. The second kappa shape index (κ2) is 7.95. The zero-order chi connectivity index (χ0) is 20.3. The van der Waals surface area contributed by atoms with Crippen LogP contribution in [0, 0.1) is 0 Å². The fraction of sp³-hybridized carbons (Fsp3) is 0.471. The maximum atomic E-state index is 12.7. The van der Waals surface area contributed by atoms with Crippen LogP contribution in [-0.4, -0.2) is 61.3 Å². The molecule has 0 unspecified atom stereocenters. The molecule has 152 valence electrons. The monoisotopic (exact) mass is 398 g/mol. The van der Waals surface area contributed by atoms with E-state index in [1.807, 2.05) is 4.90 Å². The van der Waals surface area contributed by atoms with E-state index in [1.54, 1.807) is 23.9 Å². The first-order valence-electron chi connectivity index (χ1n) is 8.69. The van der Waals surface area contributed by atoms with Gasteiger partial charge in [0.1, 0.15) is 0 Å². The van der Waals surface area contributed by atoms with E-state index in [0.29, 0.717) is 43.7 Å². The maximum absolute atomic E-state index is 12.7. The second-order valence-electron chi connectivity index (χ2n) is 6.56. The van der Waals surface area contributed by atoms with Crippen LogP contribution in [0.4, 0.5) is 29.6 Å². The quantitative estimate of drug-likeness (QED) is 0.851. The van der Waals surface area contributed by atoms with Crippen molar-refractivity contribution in [3.63, 3.8) is 0 Å². The third-order valence-electron chi connectivity index (χ3n) is 4.37. The van der Waals surface area contributed by atoms with E-state index in [9.17, 15) is 18.0 Å². The number of nitrogens with zero attached hydrogens (tertiary/aromatic N) is 5. The molecule has 2 aromatic rings. The molecule has 1 aliphatic rings. The van der Waals surface area contributed by atoms with Crippen LogP contribution in [0.1, 0.15) is 11.5 Å². The molecule has 0 aliphatic carbocycles. The molecule has 1 aliphatic heterocycles. The largest absolute Gasteiger partial charge is 0.416 e. The predicted molar refractivity (Wildman–Crippen MR) is 96.1 cm³/mol. The van der Waals surface area contributed by atoms with Crippen molar-refractivity contribution in [1.29, 1.82) is 0 Å². The molecule has 0 saturated carbocycles. The summed E-state index contributed by atoms with van der Waals surface area (Å²) in [7, 11) is 3.56. The number of benzene rings is 1. The van der Waals surface area contributed by atoms with Crippen LogP contribution in [0.15, 0.2) is 28.8 Å². The number of urea groups is 1. The molecule has 0 radical (unpaired) electrons. The SMILES string of the molecule is CN(C)c1noc(CNC(=O)N2CCN(c3ccc(C(F)(F)F)cc3)CC2)n1. The van der Waals surface area contributed by atoms with Crippen LogP contribution in [0.2, 0.25) is 0 Å². The average molecular weight is 398 g/mol. The average Bonchev–Trinajstić information content (AvgIpc) is 3.15. The summed E-state index contributed by atoms with van der Waals surface area (Å²) in [5.41, 5.74) is 0.0304. The highest BCUT2D eigenvalue weighted by molar-refractivity contribution is 5.74. The Labute approximate surface area is 159 Å². The van der Waals surface area contributed by atoms with Gasteiger partial charge in [0.25, 0.3) is 5.95 Å². The number of nitrogens with one attached hydrogen (secondary N) is 1. The van der Waals surface area contributed by atoms with Gasteiger partial charge in [0.15, 0.2) is 0 Å². The van der Waals surface area contributed by atoms with Crippen LogP contribution < -0.4 is 15.1 Å². The number of piperazine rings is 1. The molecule has 1 N–H and O–H groups in total.